The molecule has 1 aromatic carbocycles. The van der Waals surface area contributed by atoms with Crippen LogP contribution in [0.15, 0.2) is 35.4 Å². The van der Waals surface area contributed by atoms with Crippen molar-refractivity contribution >= 4 is 23.1 Å². The van der Waals surface area contributed by atoms with E-state index < -0.39 is 5.54 Å². The fraction of sp³-hybridized carbons (Fsp3) is 0.357. The van der Waals surface area contributed by atoms with Crippen molar-refractivity contribution in [3.05, 3.63) is 30.3 Å². The van der Waals surface area contributed by atoms with Crippen molar-refractivity contribution in [3.8, 4) is 0 Å². The number of para-hydroxylation sites is 1. The monoisotopic (exact) mass is 259 g/mol. The van der Waals surface area contributed by atoms with Gasteiger partial charge in [-0.1, -0.05) is 18.2 Å². The Balaban J connectivity index is 2.35. The average Bonchev–Trinajstić information content (AvgIpc) is 2.55. The van der Waals surface area contributed by atoms with Crippen LogP contribution in [0.5, 0.6) is 0 Å². The minimum absolute atomic E-state index is 0.0150. The number of amides is 1. The molecule has 1 saturated heterocycles. The lowest BCUT2D eigenvalue weighted by molar-refractivity contribution is -0.128. The van der Waals surface area contributed by atoms with E-state index in [0.717, 1.165) is 5.69 Å². The lowest BCUT2D eigenvalue weighted by Gasteiger charge is -2.24. The number of hydrazone groups is 1. The Morgan fingerprint density at radius 1 is 1.16 bits per heavy atom. The zero-order valence-electron chi connectivity index (χ0n) is 11.5. The lowest BCUT2D eigenvalue weighted by atomic mass is 10.0. The quantitative estimate of drug-likeness (QED) is 0.752. The highest BCUT2D eigenvalue weighted by Crippen LogP contribution is 2.23. The fourth-order valence-corrected chi connectivity index (χ4v) is 1.89. The van der Waals surface area contributed by atoms with Crippen molar-refractivity contribution in [3.63, 3.8) is 0 Å². The molecule has 1 heterocycles. The highest BCUT2D eigenvalue weighted by Gasteiger charge is 2.49. The zero-order chi connectivity index (χ0) is 14.2. The van der Waals surface area contributed by atoms with Crippen LogP contribution in [0.3, 0.4) is 0 Å². The minimum Gasteiger partial charge on any atom is -0.328 e. The van der Waals surface area contributed by atoms with Crippen molar-refractivity contribution in [2.45, 2.75) is 19.4 Å². The Kier molecular flexibility index (Phi) is 3.14. The van der Waals surface area contributed by atoms with Crippen LogP contribution in [0, 0.1) is 0 Å². The predicted octanol–water partition coefficient (Wildman–Crippen LogP) is 1.30. The Morgan fingerprint density at radius 2 is 1.74 bits per heavy atom. The third-order valence-electron chi connectivity index (χ3n) is 3.50. The normalized spacial score (nSPS) is 20.2. The average molecular weight is 259 g/mol. The third kappa shape index (κ3) is 2.12. The molecule has 0 radical (unpaired) electrons. The van der Waals surface area contributed by atoms with Crippen LogP contribution in [0.25, 0.3) is 0 Å². The number of Topliss-reactive ketones (excluding diaryl/α,β-unsaturated/α-hetero) is 1. The van der Waals surface area contributed by atoms with Gasteiger partial charge in [0.05, 0.1) is 5.69 Å². The molecule has 0 atom stereocenters. The molecule has 100 valence electrons. The first-order valence-electron chi connectivity index (χ1n) is 6.06. The number of hydrogen-bond acceptors (Lipinski definition) is 4. The summed E-state index contributed by atoms with van der Waals surface area (Å²) in [5.41, 5.74) is -0.0187. The molecular formula is C14H17N3O2. The van der Waals surface area contributed by atoms with Crippen molar-refractivity contribution in [2.75, 3.05) is 19.1 Å². The van der Waals surface area contributed by atoms with Crippen LogP contribution in [-0.2, 0) is 9.59 Å². The Labute approximate surface area is 112 Å². The molecule has 2 rings (SSSR count). The van der Waals surface area contributed by atoms with Crippen molar-refractivity contribution in [1.29, 1.82) is 0 Å². The van der Waals surface area contributed by atoms with Gasteiger partial charge in [0.15, 0.2) is 5.71 Å². The fourth-order valence-electron chi connectivity index (χ4n) is 1.89. The maximum atomic E-state index is 12.2. The number of rotatable bonds is 2. The Hall–Kier alpha value is -2.17. The standard InChI is InChI=1S/C14H17N3O2/c1-14(2)12(18)11(13(19)16(14)3)15-17(4)10-8-6-5-7-9-10/h5-9H,1-4H3/b15-11+. The summed E-state index contributed by atoms with van der Waals surface area (Å²) in [4.78, 5) is 25.7. The van der Waals surface area contributed by atoms with Gasteiger partial charge in [0, 0.05) is 14.1 Å². The molecule has 5 heteroatoms. The maximum Gasteiger partial charge on any atom is 0.278 e. The molecule has 5 nitrogen and oxygen atoms in total. The summed E-state index contributed by atoms with van der Waals surface area (Å²) in [6.45, 7) is 3.44. The molecule has 1 fully saturated rings. The molecule has 1 aromatic rings. The number of benzene rings is 1. The number of likely N-dealkylation sites (N-methyl/N-ethyl adjacent to an activating group) is 1. The van der Waals surface area contributed by atoms with Gasteiger partial charge < -0.3 is 4.90 Å². The number of anilines is 1. The topological polar surface area (TPSA) is 53.0 Å². The van der Waals surface area contributed by atoms with Gasteiger partial charge in [-0.15, -0.1) is 0 Å². The number of ketones is 1. The zero-order valence-corrected chi connectivity index (χ0v) is 11.5. The number of nitrogens with zero attached hydrogens (tertiary/aromatic N) is 3. The number of carbonyl (C=O) groups excluding carboxylic acids is 2. The summed E-state index contributed by atoms with van der Waals surface area (Å²) in [6.07, 6.45) is 0. The van der Waals surface area contributed by atoms with E-state index in [9.17, 15) is 9.59 Å². The predicted molar refractivity (Wildman–Crippen MR) is 74.1 cm³/mol. The lowest BCUT2D eigenvalue weighted by Crippen LogP contribution is -2.41. The highest BCUT2D eigenvalue weighted by atomic mass is 16.2. The van der Waals surface area contributed by atoms with E-state index in [2.05, 4.69) is 5.10 Å². The van der Waals surface area contributed by atoms with Gasteiger partial charge in [0.1, 0.15) is 5.54 Å². The van der Waals surface area contributed by atoms with Crippen molar-refractivity contribution in [2.24, 2.45) is 5.10 Å². The second kappa shape index (κ2) is 4.50. The summed E-state index contributed by atoms with van der Waals surface area (Å²) in [6, 6.07) is 9.37. The third-order valence-corrected chi connectivity index (χ3v) is 3.50. The van der Waals surface area contributed by atoms with E-state index >= 15 is 0 Å². The first-order valence-corrected chi connectivity index (χ1v) is 6.06. The van der Waals surface area contributed by atoms with Crippen LogP contribution >= 0.6 is 0 Å². The summed E-state index contributed by atoms with van der Waals surface area (Å²) in [5.74, 6) is -0.583. The first-order chi connectivity index (χ1) is 8.85. The molecule has 0 aliphatic carbocycles. The molecule has 0 unspecified atom stereocenters. The van der Waals surface area contributed by atoms with E-state index in [0.29, 0.717) is 0 Å². The first kappa shape index (κ1) is 13.3. The molecule has 19 heavy (non-hydrogen) atoms. The molecule has 0 bridgehead atoms. The van der Waals surface area contributed by atoms with E-state index in [1.165, 1.54) is 4.90 Å². The number of hydrogen-bond donors (Lipinski definition) is 0. The Morgan fingerprint density at radius 3 is 2.21 bits per heavy atom. The second-order valence-electron chi connectivity index (χ2n) is 5.06. The smallest absolute Gasteiger partial charge is 0.278 e. The van der Waals surface area contributed by atoms with Gasteiger partial charge in [0.25, 0.3) is 5.91 Å². The minimum atomic E-state index is -0.826. The molecule has 0 spiro atoms. The molecule has 1 amide bonds. The van der Waals surface area contributed by atoms with E-state index in [4.69, 9.17) is 0 Å². The summed E-state index contributed by atoms with van der Waals surface area (Å²) in [7, 11) is 3.33. The van der Waals surface area contributed by atoms with Gasteiger partial charge in [-0.3, -0.25) is 14.6 Å². The molecular weight excluding hydrogens is 242 g/mol. The van der Waals surface area contributed by atoms with E-state index in [1.54, 1.807) is 33.0 Å². The maximum absolute atomic E-state index is 12.2. The summed E-state index contributed by atoms with van der Waals surface area (Å²) < 4.78 is 0. The van der Waals surface area contributed by atoms with E-state index in [-0.39, 0.29) is 17.4 Å². The number of likely N-dealkylation sites (tertiary alicyclic amines) is 1. The van der Waals surface area contributed by atoms with Gasteiger partial charge in [-0.25, -0.2) is 0 Å². The van der Waals surface area contributed by atoms with Gasteiger partial charge >= 0.3 is 0 Å². The van der Waals surface area contributed by atoms with Gasteiger partial charge in [-0.2, -0.15) is 5.10 Å². The van der Waals surface area contributed by atoms with E-state index in [1.807, 2.05) is 30.3 Å². The highest BCUT2D eigenvalue weighted by molar-refractivity contribution is 6.70. The molecule has 0 N–H and O–H groups in total. The van der Waals surface area contributed by atoms with Crippen LogP contribution < -0.4 is 5.01 Å². The summed E-state index contributed by atoms with van der Waals surface area (Å²) >= 11 is 0. The largest absolute Gasteiger partial charge is 0.328 e. The second-order valence-corrected chi connectivity index (χ2v) is 5.06. The molecule has 0 aromatic heterocycles. The van der Waals surface area contributed by atoms with Gasteiger partial charge in [0.2, 0.25) is 5.78 Å². The van der Waals surface area contributed by atoms with Gasteiger partial charge in [-0.05, 0) is 26.0 Å². The van der Waals surface area contributed by atoms with Crippen LogP contribution in [0.1, 0.15) is 13.8 Å². The van der Waals surface area contributed by atoms with Crippen LogP contribution in [0.2, 0.25) is 0 Å². The van der Waals surface area contributed by atoms with Crippen LogP contribution in [0.4, 0.5) is 5.69 Å². The molecule has 1 aliphatic heterocycles. The number of carbonyl (C=O) groups is 2. The Bertz CT molecular complexity index is 549. The van der Waals surface area contributed by atoms with Crippen molar-refractivity contribution in [1.82, 2.24) is 4.90 Å². The van der Waals surface area contributed by atoms with Crippen molar-refractivity contribution < 1.29 is 9.59 Å². The SMILES string of the molecule is CN(/N=C1/C(=O)N(C)C(C)(C)C1=O)c1ccccc1. The molecule has 1 aliphatic rings. The molecule has 0 saturated carbocycles. The van der Waals surface area contributed by atoms with Crippen LogP contribution in [-0.4, -0.2) is 41.9 Å². The summed E-state index contributed by atoms with van der Waals surface area (Å²) in [5, 5.41) is 5.71.